The summed E-state index contributed by atoms with van der Waals surface area (Å²) in [5, 5.41) is 8.63. The van der Waals surface area contributed by atoms with Gasteiger partial charge in [-0.15, -0.1) is 0 Å². The normalized spacial score (nSPS) is 19.4. The zero-order valence-corrected chi connectivity index (χ0v) is 11.7. The van der Waals surface area contributed by atoms with Crippen LogP contribution in [0.15, 0.2) is 18.2 Å². The molecule has 1 aliphatic heterocycles. The smallest absolute Gasteiger partial charge is 0.128 e. The quantitative estimate of drug-likeness (QED) is 0.855. The molecule has 1 fully saturated rings. The Morgan fingerprint density at radius 1 is 1.50 bits per heavy atom. The lowest BCUT2D eigenvalue weighted by Gasteiger charge is -2.31. The lowest BCUT2D eigenvalue weighted by atomic mass is 10.1. The van der Waals surface area contributed by atoms with E-state index in [1.165, 1.54) is 6.07 Å². The van der Waals surface area contributed by atoms with Crippen molar-refractivity contribution in [1.29, 1.82) is 0 Å². The van der Waals surface area contributed by atoms with Crippen molar-refractivity contribution in [1.82, 2.24) is 4.90 Å². The van der Waals surface area contributed by atoms with Gasteiger partial charge in [0.1, 0.15) is 12.4 Å². The van der Waals surface area contributed by atoms with Gasteiger partial charge < -0.3 is 9.84 Å². The molecule has 0 spiro atoms. The molecule has 2 rings (SSSR count). The predicted molar refractivity (Wildman–Crippen MR) is 75.7 cm³/mol. The van der Waals surface area contributed by atoms with Crippen LogP contribution in [0.25, 0.3) is 0 Å². The summed E-state index contributed by atoms with van der Waals surface area (Å²) in [6.45, 7) is 2.21. The number of nitrogens with zero attached hydrogens (tertiary/aromatic N) is 1. The Balaban J connectivity index is 2.02. The first-order valence-corrected chi connectivity index (χ1v) is 6.86. The molecule has 0 bridgehead atoms. The highest BCUT2D eigenvalue weighted by molar-refractivity contribution is 5.37. The van der Waals surface area contributed by atoms with Crippen LogP contribution in [-0.4, -0.2) is 42.9 Å². The molecule has 0 amide bonds. The van der Waals surface area contributed by atoms with E-state index >= 15 is 0 Å². The van der Waals surface area contributed by atoms with Crippen molar-refractivity contribution in [2.45, 2.75) is 25.5 Å². The van der Waals surface area contributed by atoms with E-state index in [-0.39, 0.29) is 18.5 Å². The number of hydrogen-bond acceptors (Lipinski definition) is 3. The molecule has 1 heterocycles. The van der Waals surface area contributed by atoms with E-state index in [0.717, 1.165) is 25.9 Å². The van der Waals surface area contributed by atoms with E-state index in [1.54, 1.807) is 19.2 Å². The minimum Gasteiger partial charge on any atom is -0.384 e. The summed E-state index contributed by atoms with van der Waals surface area (Å²) < 4.78 is 19.4. The second-order valence-electron chi connectivity index (χ2n) is 5.00. The highest BCUT2D eigenvalue weighted by atomic mass is 19.1. The van der Waals surface area contributed by atoms with Crippen LogP contribution in [0.4, 0.5) is 4.39 Å². The number of ether oxygens (including phenoxy) is 1. The van der Waals surface area contributed by atoms with E-state index in [1.807, 2.05) is 0 Å². The first-order valence-electron chi connectivity index (χ1n) is 6.86. The van der Waals surface area contributed by atoms with E-state index in [2.05, 4.69) is 16.7 Å². The second kappa shape index (κ2) is 7.39. The minimum atomic E-state index is -0.241. The summed E-state index contributed by atoms with van der Waals surface area (Å²) in [6.07, 6.45) is 2.41. The van der Waals surface area contributed by atoms with Gasteiger partial charge in [0.25, 0.3) is 0 Å². The second-order valence-corrected chi connectivity index (χ2v) is 5.00. The molecule has 4 heteroatoms. The molecule has 1 aromatic carbocycles. The van der Waals surface area contributed by atoms with Crippen LogP contribution in [0.2, 0.25) is 0 Å². The molecule has 0 aliphatic carbocycles. The third-order valence-corrected chi connectivity index (χ3v) is 3.55. The van der Waals surface area contributed by atoms with Crippen LogP contribution in [0.1, 0.15) is 24.0 Å². The Bertz CT molecular complexity index is 507. The number of halogens is 1. The summed E-state index contributed by atoms with van der Waals surface area (Å²) in [5.74, 6) is 4.99. The number of aliphatic hydroxyl groups is 1. The average molecular weight is 277 g/mol. The van der Waals surface area contributed by atoms with Crippen molar-refractivity contribution < 1.29 is 14.2 Å². The predicted octanol–water partition coefficient (Wildman–Crippen LogP) is 1.78. The highest BCUT2D eigenvalue weighted by Crippen LogP contribution is 2.17. The summed E-state index contributed by atoms with van der Waals surface area (Å²) >= 11 is 0. The molecule has 0 saturated carbocycles. The zero-order chi connectivity index (χ0) is 14.4. The Morgan fingerprint density at radius 2 is 2.35 bits per heavy atom. The summed E-state index contributed by atoms with van der Waals surface area (Å²) in [6, 6.07) is 4.99. The maximum absolute atomic E-state index is 14.0. The third kappa shape index (κ3) is 4.04. The van der Waals surface area contributed by atoms with Crippen molar-refractivity contribution in [3.63, 3.8) is 0 Å². The summed E-state index contributed by atoms with van der Waals surface area (Å²) in [4.78, 5) is 2.22. The zero-order valence-electron chi connectivity index (χ0n) is 11.7. The maximum atomic E-state index is 14.0. The van der Waals surface area contributed by atoms with Crippen LogP contribution in [0.3, 0.4) is 0 Å². The van der Waals surface area contributed by atoms with Crippen molar-refractivity contribution >= 4 is 0 Å². The van der Waals surface area contributed by atoms with Gasteiger partial charge in [-0.25, -0.2) is 4.39 Å². The van der Waals surface area contributed by atoms with E-state index < -0.39 is 0 Å². The topological polar surface area (TPSA) is 32.7 Å². The van der Waals surface area contributed by atoms with Crippen LogP contribution in [0, 0.1) is 17.7 Å². The van der Waals surface area contributed by atoms with Gasteiger partial charge in [0, 0.05) is 31.3 Å². The molecular formula is C16H20FNO2. The minimum absolute atomic E-state index is 0.213. The van der Waals surface area contributed by atoms with Crippen LogP contribution < -0.4 is 0 Å². The Kier molecular flexibility index (Phi) is 5.54. The number of aliphatic hydroxyl groups excluding tert-OH is 1. The summed E-state index contributed by atoms with van der Waals surface area (Å²) in [5.41, 5.74) is 1.27. The summed E-state index contributed by atoms with van der Waals surface area (Å²) in [7, 11) is 1.73. The fourth-order valence-electron chi connectivity index (χ4n) is 2.48. The third-order valence-electron chi connectivity index (χ3n) is 3.55. The van der Waals surface area contributed by atoms with E-state index in [4.69, 9.17) is 9.84 Å². The molecule has 1 aliphatic rings. The number of methoxy groups -OCH3 is 1. The molecule has 1 atom stereocenters. The standard InChI is InChI=1S/C16H20FNO2/c1-20-15-5-2-8-18(12-15)11-14-7-6-13(4-3-9-19)10-16(14)17/h6-7,10,15,19H,2,5,8-9,11-12H2,1H3. The van der Waals surface area contributed by atoms with Gasteiger partial charge in [-0.1, -0.05) is 17.9 Å². The van der Waals surface area contributed by atoms with Crippen molar-refractivity contribution in [3.8, 4) is 11.8 Å². The van der Waals surface area contributed by atoms with Gasteiger partial charge in [0.15, 0.2) is 0 Å². The van der Waals surface area contributed by atoms with Gasteiger partial charge >= 0.3 is 0 Å². The largest absolute Gasteiger partial charge is 0.384 e. The van der Waals surface area contributed by atoms with Crippen LogP contribution in [-0.2, 0) is 11.3 Å². The van der Waals surface area contributed by atoms with Crippen LogP contribution >= 0.6 is 0 Å². The molecule has 1 saturated heterocycles. The lowest BCUT2D eigenvalue weighted by Crippen LogP contribution is -2.38. The first-order chi connectivity index (χ1) is 9.72. The molecule has 0 radical (unpaired) electrons. The van der Waals surface area contributed by atoms with Crippen molar-refractivity contribution in [3.05, 3.63) is 35.1 Å². The number of piperidine rings is 1. The Labute approximate surface area is 119 Å². The van der Waals surface area contributed by atoms with Crippen LogP contribution in [0.5, 0.6) is 0 Å². The first kappa shape index (κ1) is 15.0. The Hall–Kier alpha value is -1.41. The van der Waals surface area contributed by atoms with Gasteiger partial charge in [-0.3, -0.25) is 4.90 Å². The molecule has 1 aromatic rings. The average Bonchev–Trinajstić information content (AvgIpc) is 2.48. The number of hydrogen-bond donors (Lipinski definition) is 1. The number of likely N-dealkylation sites (tertiary alicyclic amines) is 1. The molecule has 1 unspecified atom stereocenters. The Morgan fingerprint density at radius 3 is 3.05 bits per heavy atom. The fourth-order valence-corrected chi connectivity index (χ4v) is 2.48. The molecule has 20 heavy (non-hydrogen) atoms. The molecule has 108 valence electrons. The number of benzene rings is 1. The SMILES string of the molecule is COC1CCCN(Cc2ccc(C#CCO)cc2F)C1. The molecule has 0 aromatic heterocycles. The molecular weight excluding hydrogens is 257 g/mol. The number of rotatable bonds is 3. The molecule has 3 nitrogen and oxygen atoms in total. The van der Waals surface area contributed by atoms with E-state index in [9.17, 15) is 4.39 Å². The van der Waals surface area contributed by atoms with Gasteiger partial charge in [-0.2, -0.15) is 0 Å². The maximum Gasteiger partial charge on any atom is 0.128 e. The molecule has 1 N–H and O–H groups in total. The van der Waals surface area contributed by atoms with Gasteiger partial charge in [-0.05, 0) is 31.5 Å². The highest BCUT2D eigenvalue weighted by Gasteiger charge is 2.20. The van der Waals surface area contributed by atoms with Gasteiger partial charge in [0.05, 0.1) is 6.10 Å². The lowest BCUT2D eigenvalue weighted by molar-refractivity contribution is 0.0282. The monoisotopic (exact) mass is 277 g/mol. The van der Waals surface area contributed by atoms with E-state index in [0.29, 0.717) is 17.7 Å². The van der Waals surface area contributed by atoms with Crippen molar-refractivity contribution in [2.24, 2.45) is 0 Å². The van der Waals surface area contributed by atoms with Crippen molar-refractivity contribution in [2.75, 3.05) is 26.8 Å². The van der Waals surface area contributed by atoms with Gasteiger partial charge in [0.2, 0.25) is 0 Å². The fraction of sp³-hybridized carbons (Fsp3) is 0.500.